The van der Waals surface area contributed by atoms with Crippen molar-refractivity contribution in [3.8, 4) is 0 Å². The average Bonchev–Trinajstić information content (AvgIpc) is 3.00. The van der Waals surface area contributed by atoms with E-state index in [1.165, 1.54) is 11.6 Å². The van der Waals surface area contributed by atoms with E-state index in [-0.39, 0.29) is 17.0 Å². The smallest absolute Gasteiger partial charge is 0.160 e. The van der Waals surface area contributed by atoms with Crippen molar-refractivity contribution in [2.24, 2.45) is 5.41 Å². The Morgan fingerprint density at radius 3 is 2.80 bits per heavy atom. The maximum atomic E-state index is 14.1. The number of H-pyrrole nitrogens is 1. The molecule has 0 unspecified atom stereocenters. The number of nitrogens with one attached hydrogen (secondary N) is 1. The fourth-order valence-electron chi connectivity index (χ4n) is 4.93. The molecule has 4 heteroatoms. The maximum Gasteiger partial charge on any atom is 0.160 e. The molecule has 1 aromatic heterocycles. The monoisotopic (exact) mass is 338 g/mol. The first kappa shape index (κ1) is 16.2. The lowest BCUT2D eigenvalue weighted by molar-refractivity contribution is -0.118. The van der Waals surface area contributed by atoms with Gasteiger partial charge in [0.25, 0.3) is 0 Å². The molecule has 2 aromatic rings. The molecule has 4 rings (SSSR count). The van der Waals surface area contributed by atoms with Crippen molar-refractivity contribution in [2.75, 3.05) is 0 Å². The van der Waals surface area contributed by atoms with E-state index in [2.05, 4.69) is 31.0 Å². The molecule has 0 saturated heterocycles. The minimum absolute atomic E-state index is 0.0329. The third-order valence-electron chi connectivity index (χ3n) is 5.81. The largest absolute Gasteiger partial charge is 0.294 e. The second-order valence-electron chi connectivity index (χ2n) is 8.13. The normalized spacial score (nSPS) is 24.9. The van der Waals surface area contributed by atoms with Crippen molar-refractivity contribution in [1.82, 2.24) is 10.2 Å². The second kappa shape index (κ2) is 5.38. The number of fused-ring (bicyclic) bond motifs is 1. The Labute approximate surface area is 147 Å². The third-order valence-corrected chi connectivity index (χ3v) is 5.81. The summed E-state index contributed by atoms with van der Waals surface area (Å²) in [5.74, 6) is -0.0732. The van der Waals surface area contributed by atoms with Crippen LogP contribution in [0.2, 0.25) is 0 Å². The highest BCUT2D eigenvalue weighted by atomic mass is 19.1. The number of aromatic amines is 1. The molecule has 1 aromatic carbocycles. The molecule has 1 atom stereocenters. The zero-order valence-corrected chi connectivity index (χ0v) is 14.9. The van der Waals surface area contributed by atoms with E-state index in [0.29, 0.717) is 12.8 Å². The summed E-state index contributed by atoms with van der Waals surface area (Å²) >= 11 is 0. The Bertz CT molecular complexity index is 893. The summed E-state index contributed by atoms with van der Waals surface area (Å²) in [6.45, 7) is 6.37. The number of aromatic nitrogens is 2. The highest BCUT2D eigenvalue weighted by Gasteiger charge is 2.49. The molecule has 0 bridgehead atoms. The van der Waals surface area contributed by atoms with Crippen LogP contribution in [0.1, 0.15) is 56.9 Å². The lowest BCUT2D eigenvalue weighted by Crippen LogP contribution is -2.42. The van der Waals surface area contributed by atoms with Gasteiger partial charge in [0.2, 0.25) is 0 Å². The van der Waals surface area contributed by atoms with Crippen LogP contribution < -0.4 is 0 Å². The topological polar surface area (TPSA) is 45.8 Å². The summed E-state index contributed by atoms with van der Waals surface area (Å²) in [6.07, 6.45) is 4.69. The standard InChI is InChI=1S/C21H23FN2O/c1-4-21(14-6-5-7-15(22)9-14)16-12-23-24-17(16)8-13-10-20(2,3)11-18(25)19(13)21/h5-7,9,12H,4,8,10-11H2,1-3H3,(H,23,24)/t21-/m1/s1. The number of hydrogen-bond donors (Lipinski definition) is 1. The summed E-state index contributed by atoms with van der Waals surface area (Å²) in [5, 5.41) is 7.37. The number of benzene rings is 1. The number of rotatable bonds is 2. The van der Waals surface area contributed by atoms with Crippen molar-refractivity contribution < 1.29 is 9.18 Å². The number of ketones is 1. The van der Waals surface area contributed by atoms with E-state index in [4.69, 9.17) is 0 Å². The van der Waals surface area contributed by atoms with Crippen LogP contribution in [0.5, 0.6) is 0 Å². The molecule has 0 amide bonds. The quantitative estimate of drug-likeness (QED) is 0.877. The van der Waals surface area contributed by atoms with Crippen LogP contribution in [0.4, 0.5) is 4.39 Å². The molecule has 2 aliphatic rings. The lowest BCUT2D eigenvalue weighted by atomic mass is 9.57. The number of halogens is 1. The lowest BCUT2D eigenvalue weighted by Gasteiger charge is -2.45. The van der Waals surface area contributed by atoms with Crippen LogP contribution in [0.15, 0.2) is 41.6 Å². The number of carbonyl (C=O) groups excluding carboxylic acids is 1. The molecule has 0 spiro atoms. The number of Topliss-reactive ketones (excluding diaryl/α,β-unsaturated/α-hetero) is 1. The van der Waals surface area contributed by atoms with Crippen molar-refractivity contribution >= 4 is 5.78 Å². The minimum atomic E-state index is -0.606. The van der Waals surface area contributed by atoms with Gasteiger partial charge in [-0.1, -0.05) is 38.5 Å². The van der Waals surface area contributed by atoms with Crippen molar-refractivity contribution in [3.63, 3.8) is 0 Å². The van der Waals surface area contributed by atoms with Gasteiger partial charge in [-0.3, -0.25) is 9.89 Å². The van der Waals surface area contributed by atoms with Crippen LogP contribution in [0.3, 0.4) is 0 Å². The van der Waals surface area contributed by atoms with Gasteiger partial charge in [-0.2, -0.15) is 5.10 Å². The molecule has 0 saturated carbocycles. The molecule has 130 valence electrons. The predicted octanol–water partition coefficient (Wildman–Crippen LogP) is 4.49. The third kappa shape index (κ3) is 2.30. The molecule has 2 aliphatic carbocycles. The van der Waals surface area contributed by atoms with Gasteiger partial charge in [0.15, 0.2) is 5.78 Å². The molecule has 1 N–H and O–H groups in total. The summed E-state index contributed by atoms with van der Waals surface area (Å²) in [6, 6.07) is 6.69. The van der Waals surface area contributed by atoms with E-state index < -0.39 is 5.41 Å². The second-order valence-corrected chi connectivity index (χ2v) is 8.13. The molecule has 1 heterocycles. The van der Waals surface area contributed by atoms with Crippen molar-refractivity contribution in [2.45, 2.75) is 51.9 Å². The van der Waals surface area contributed by atoms with Crippen LogP contribution in [0, 0.1) is 11.2 Å². The summed E-state index contributed by atoms with van der Waals surface area (Å²) in [7, 11) is 0. The number of carbonyl (C=O) groups is 1. The summed E-state index contributed by atoms with van der Waals surface area (Å²) < 4.78 is 14.1. The first-order chi connectivity index (χ1) is 11.9. The van der Waals surface area contributed by atoms with Gasteiger partial charge in [0.05, 0.1) is 11.6 Å². The van der Waals surface area contributed by atoms with Crippen molar-refractivity contribution in [1.29, 1.82) is 0 Å². The Morgan fingerprint density at radius 1 is 1.28 bits per heavy atom. The highest BCUT2D eigenvalue weighted by molar-refractivity contribution is 6.01. The van der Waals surface area contributed by atoms with E-state index >= 15 is 0 Å². The van der Waals surface area contributed by atoms with Crippen LogP contribution in [-0.2, 0) is 16.6 Å². The first-order valence-corrected chi connectivity index (χ1v) is 8.92. The van der Waals surface area contributed by atoms with Crippen LogP contribution >= 0.6 is 0 Å². The van der Waals surface area contributed by atoms with Gasteiger partial charge < -0.3 is 0 Å². The van der Waals surface area contributed by atoms with Gasteiger partial charge in [0.1, 0.15) is 5.82 Å². The molecule has 0 fully saturated rings. The van der Waals surface area contributed by atoms with E-state index in [1.54, 1.807) is 12.1 Å². The first-order valence-electron chi connectivity index (χ1n) is 8.92. The van der Waals surface area contributed by atoms with Gasteiger partial charge in [-0.05, 0) is 36.0 Å². The molecular weight excluding hydrogens is 315 g/mol. The Morgan fingerprint density at radius 2 is 2.08 bits per heavy atom. The van der Waals surface area contributed by atoms with Crippen molar-refractivity contribution in [3.05, 3.63) is 64.2 Å². The molecular formula is C21H23FN2O. The van der Waals surface area contributed by atoms with Gasteiger partial charge >= 0.3 is 0 Å². The summed E-state index contributed by atoms with van der Waals surface area (Å²) in [5.41, 5.74) is 4.35. The number of hydrogen-bond acceptors (Lipinski definition) is 2. The van der Waals surface area contributed by atoms with Gasteiger partial charge in [-0.15, -0.1) is 0 Å². The fourth-order valence-corrected chi connectivity index (χ4v) is 4.93. The number of allylic oxidation sites excluding steroid dienone is 2. The fraction of sp³-hybridized carbons (Fsp3) is 0.429. The Hall–Kier alpha value is -2.23. The van der Waals surface area contributed by atoms with Gasteiger partial charge in [-0.25, -0.2) is 4.39 Å². The molecule has 3 nitrogen and oxygen atoms in total. The molecule has 0 radical (unpaired) electrons. The number of nitrogens with zero attached hydrogens (tertiary/aromatic N) is 1. The Kier molecular flexibility index (Phi) is 3.50. The molecule has 0 aliphatic heterocycles. The predicted molar refractivity (Wildman–Crippen MR) is 94.8 cm³/mol. The summed E-state index contributed by atoms with van der Waals surface area (Å²) in [4.78, 5) is 13.2. The van der Waals surface area contributed by atoms with Gasteiger partial charge in [0, 0.05) is 29.7 Å². The van der Waals surface area contributed by atoms with E-state index in [0.717, 1.165) is 35.2 Å². The molecule has 25 heavy (non-hydrogen) atoms. The highest BCUT2D eigenvalue weighted by Crippen LogP contribution is 2.53. The average molecular weight is 338 g/mol. The van der Waals surface area contributed by atoms with Crippen LogP contribution in [-0.4, -0.2) is 16.0 Å². The zero-order chi connectivity index (χ0) is 17.8. The minimum Gasteiger partial charge on any atom is -0.294 e. The van der Waals surface area contributed by atoms with Crippen LogP contribution in [0.25, 0.3) is 0 Å². The van der Waals surface area contributed by atoms with E-state index in [1.807, 2.05) is 12.3 Å². The Balaban J connectivity index is 2.04. The zero-order valence-electron chi connectivity index (χ0n) is 14.9. The van der Waals surface area contributed by atoms with E-state index in [9.17, 15) is 9.18 Å². The SMILES string of the molecule is CC[C@]1(c2cccc(F)c2)C2=C(Cc3[nH]ncc31)CC(C)(C)CC2=O. The maximum absolute atomic E-state index is 14.1.